The van der Waals surface area contributed by atoms with Crippen molar-refractivity contribution in [2.24, 2.45) is 5.92 Å². The Morgan fingerprint density at radius 1 is 0.951 bits per heavy atom. The Hall–Kier alpha value is -2.22. The number of carbonyl (C=O) groups is 2. The Balaban J connectivity index is 0.00000387. The molecule has 5 rings (SSSR count). The van der Waals surface area contributed by atoms with E-state index >= 15 is 0 Å². The molecule has 1 aliphatic carbocycles. The van der Waals surface area contributed by atoms with Crippen LogP contribution in [-0.4, -0.2) is 59.1 Å². The van der Waals surface area contributed by atoms with Crippen molar-refractivity contribution in [3.63, 3.8) is 0 Å². The van der Waals surface area contributed by atoms with Crippen molar-refractivity contribution in [3.05, 3.63) is 54.1 Å². The SMILES string of the molecule is CCCCN1C(=O)[C@H](CC2CCCCC2)NC(=O)C12CCN(Cc1ccc(Oc3ccc(SC)cc3)cc1)CC2.Cl. The summed E-state index contributed by atoms with van der Waals surface area (Å²) in [7, 11) is 0. The van der Waals surface area contributed by atoms with Crippen LogP contribution in [0.2, 0.25) is 0 Å². The molecule has 6 nitrogen and oxygen atoms in total. The predicted octanol–water partition coefficient (Wildman–Crippen LogP) is 7.05. The molecule has 3 aliphatic rings. The monoisotopic (exact) mass is 599 g/mol. The topological polar surface area (TPSA) is 61.9 Å². The first kappa shape index (κ1) is 31.7. The Kier molecular flexibility index (Phi) is 11.4. The van der Waals surface area contributed by atoms with Gasteiger partial charge < -0.3 is 15.0 Å². The van der Waals surface area contributed by atoms with Crippen LogP contribution in [0.5, 0.6) is 11.5 Å². The number of unbranched alkanes of at least 4 members (excludes halogenated alkanes) is 1. The number of ether oxygens (including phenoxy) is 1. The van der Waals surface area contributed by atoms with Crippen molar-refractivity contribution in [2.75, 3.05) is 25.9 Å². The minimum Gasteiger partial charge on any atom is -0.457 e. The third-order valence-corrected chi connectivity index (χ3v) is 9.89. The standard InChI is InChI=1S/C33H45N3O3S.ClH/c1-3-4-20-36-31(37)30(23-25-8-6-5-7-9-25)34-32(38)33(36)18-21-35(22-19-33)24-26-10-12-27(13-11-26)39-28-14-16-29(40-2)17-15-28;/h10-17,25,30H,3-9,18-24H2,1-2H3,(H,34,38);1H/t30-;/m0./s1. The van der Waals surface area contributed by atoms with Gasteiger partial charge in [-0.2, -0.15) is 0 Å². The normalized spacial score (nSPS) is 21.4. The molecule has 0 radical (unpaired) electrons. The number of hydrogen-bond donors (Lipinski definition) is 1. The number of thioether (sulfide) groups is 1. The number of hydrogen-bond acceptors (Lipinski definition) is 5. The molecule has 0 unspecified atom stereocenters. The number of nitrogens with one attached hydrogen (secondary N) is 1. The number of likely N-dealkylation sites (tertiary alicyclic amines) is 1. The highest BCUT2D eigenvalue weighted by molar-refractivity contribution is 7.98. The summed E-state index contributed by atoms with van der Waals surface area (Å²) in [6.45, 7) is 5.27. The van der Waals surface area contributed by atoms with Crippen LogP contribution in [0.15, 0.2) is 53.4 Å². The minimum absolute atomic E-state index is 0. The Labute approximate surface area is 256 Å². The molecule has 2 aliphatic heterocycles. The van der Waals surface area contributed by atoms with Crippen molar-refractivity contribution >= 4 is 36.0 Å². The zero-order valence-electron chi connectivity index (χ0n) is 24.6. The molecule has 2 aromatic carbocycles. The second-order valence-electron chi connectivity index (χ2n) is 11.8. The van der Waals surface area contributed by atoms with Gasteiger partial charge in [0.25, 0.3) is 0 Å². The van der Waals surface area contributed by atoms with E-state index in [1.54, 1.807) is 11.8 Å². The average Bonchev–Trinajstić information content (AvgIpc) is 2.99. The predicted molar refractivity (Wildman–Crippen MR) is 169 cm³/mol. The van der Waals surface area contributed by atoms with E-state index in [0.29, 0.717) is 25.3 Å². The van der Waals surface area contributed by atoms with Gasteiger partial charge in [-0.3, -0.25) is 14.5 Å². The highest BCUT2D eigenvalue weighted by Gasteiger charge is 2.53. The van der Waals surface area contributed by atoms with Gasteiger partial charge >= 0.3 is 0 Å². The highest BCUT2D eigenvalue weighted by Crippen LogP contribution is 2.36. The van der Waals surface area contributed by atoms with Gasteiger partial charge in [0, 0.05) is 31.1 Å². The van der Waals surface area contributed by atoms with Gasteiger partial charge in [-0.25, -0.2) is 0 Å². The van der Waals surface area contributed by atoms with Crippen molar-refractivity contribution in [1.29, 1.82) is 0 Å². The maximum absolute atomic E-state index is 13.8. The van der Waals surface area contributed by atoms with E-state index in [-0.39, 0.29) is 30.3 Å². The molecule has 224 valence electrons. The van der Waals surface area contributed by atoms with Gasteiger partial charge in [-0.05, 0) is 79.8 Å². The fourth-order valence-corrected chi connectivity index (χ4v) is 7.12. The van der Waals surface area contributed by atoms with E-state index < -0.39 is 5.54 Å². The van der Waals surface area contributed by atoms with Gasteiger partial charge in [0.05, 0.1) is 0 Å². The zero-order chi connectivity index (χ0) is 28.0. The third-order valence-electron chi connectivity index (χ3n) is 9.15. The lowest BCUT2D eigenvalue weighted by Gasteiger charge is -2.52. The lowest BCUT2D eigenvalue weighted by atomic mass is 9.79. The fourth-order valence-electron chi connectivity index (χ4n) is 6.71. The number of piperidine rings is 1. The van der Waals surface area contributed by atoms with Crippen molar-refractivity contribution in [2.45, 2.75) is 94.2 Å². The van der Waals surface area contributed by atoms with E-state index in [0.717, 1.165) is 50.4 Å². The molecule has 3 fully saturated rings. The molecule has 41 heavy (non-hydrogen) atoms. The maximum atomic E-state index is 13.8. The summed E-state index contributed by atoms with van der Waals surface area (Å²) in [4.78, 5) is 33.1. The molecule has 2 heterocycles. The first-order chi connectivity index (χ1) is 19.5. The zero-order valence-corrected chi connectivity index (χ0v) is 26.2. The molecular weight excluding hydrogens is 554 g/mol. The molecule has 1 N–H and O–H groups in total. The molecule has 2 saturated heterocycles. The molecular formula is C33H46ClN3O3S. The second-order valence-corrected chi connectivity index (χ2v) is 12.7. The summed E-state index contributed by atoms with van der Waals surface area (Å²) in [6, 6.07) is 16.1. The molecule has 1 saturated carbocycles. The summed E-state index contributed by atoms with van der Waals surface area (Å²) in [5, 5.41) is 3.21. The number of halogens is 1. The van der Waals surface area contributed by atoms with Crippen LogP contribution in [0.25, 0.3) is 0 Å². The molecule has 2 aromatic rings. The lowest BCUT2D eigenvalue weighted by Crippen LogP contribution is -2.73. The highest BCUT2D eigenvalue weighted by atomic mass is 35.5. The minimum atomic E-state index is -0.699. The molecule has 0 bridgehead atoms. The van der Waals surface area contributed by atoms with Gasteiger partial charge in [0.1, 0.15) is 23.1 Å². The second kappa shape index (κ2) is 14.8. The summed E-state index contributed by atoms with van der Waals surface area (Å²) in [6.07, 6.45) is 12.4. The van der Waals surface area contributed by atoms with Crippen LogP contribution in [0.1, 0.15) is 76.7 Å². The van der Waals surface area contributed by atoms with Crippen molar-refractivity contribution in [3.8, 4) is 11.5 Å². The van der Waals surface area contributed by atoms with E-state index in [1.165, 1.54) is 42.6 Å². The Morgan fingerprint density at radius 3 is 2.20 bits per heavy atom. The van der Waals surface area contributed by atoms with E-state index in [2.05, 4.69) is 47.7 Å². The van der Waals surface area contributed by atoms with Gasteiger partial charge in [0.2, 0.25) is 11.8 Å². The third kappa shape index (κ3) is 7.60. The van der Waals surface area contributed by atoms with E-state index in [4.69, 9.17) is 4.74 Å². The first-order valence-electron chi connectivity index (χ1n) is 15.3. The van der Waals surface area contributed by atoms with Gasteiger partial charge in [-0.15, -0.1) is 24.2 Å². The van der Waals surface area contributed by atoms with Crippen LogP contribution >= 0.6 is 24.2 Å². The molecule has 8 heteroatoms. The van der Waals surface area contributed by atoms with Crippen molar-refractivity contribution < 1.29 is 14.3 Å². The smallest absolute Gasteiger partial charge is 0.246 e. The van der Waals surface area contributed by atoms with E-state index in [1.807, 2.05) is 29.2 Å². The molecule has 0 aromatic heterocycles. The summed E-state index contributed by atoms with van der Waals surface area (Å²) in [5.41, 5.74) is 0.524. The number of benzene rings is 2. The summed E-state index contributed by atoms with van der Waals surface area (Å²) >= 11 is 1.72. The Bertz CT molecular complexity index is 1130. The number of piperazine rings is 1. The van der Waals surface area contributed by atoms with Gasteiger partial charge in [-0.1, -0.05) is 57.6 Å². The quantitative estimate of drug-likeness (QED) is 0.296. The fraction of sp³-hybridized carbons (Fsp3) is 0.576. The van der Waals surface area contributed by atoms with Crippen LogP contribution in [-0.2, 0) is 16.1 Å². The first-order valence-corrected chi connectivity index (χ1v) is 16.5. The number of nitrogens with zero attached hydrogens (tertiary/aromatic N) is 2. The van der Waals surface area contributed by atoms with Crippen molar-refractivity contribution in [1.82, 2.24) is 15.1 Å². The van der Waals surface area contributed by atoms with Crippen LogP contribution < -0.4 is 10.1 Å². The summed E-state index contributed by atoms with van der Waals surface area (Å²) in [5.74, 6) is 2.46. The number of carbonyl (C=O) groups excluding carboxylic acids is 2. The Morgan fingerprint density at radius 2 is 1.59 bits per heavy atom. The van der Waals surface area contributed by atoms with E-state index in [9.17, 15) is 9.59 Å². The maximum Gasteiger partial charge on any atom is 0.246 e. The largest absolute Gasteiger partial charge is 0.457 e. The molecule has 2 amide bonds. The van der Waals surface area contributed by atoms with Gasteiger partial charge in [0.15, 0.2) is 0 Å². The lowest BCUT2D eigenvalue weighted by molar-refractivity contribution is -0.162. The average molecular weight is 600 g/mol. The van der Waals surface area contributed by atoms with Crippen LogP contribution in [0, 0.1) is 5.92 Å². The molecule has 1 spiro atoms. The van der Waals surface area contributed by atoms with Crippen LogP contribution in [0.3, 0.4) is 0 Å². The number of rotatable bonds is 10. The summed E-state index contributed by atoms with van der Waals surface area (Å²) < 4.78 is 6.02. The van der Waals surface area contributed by atoms with Crippen LogP contribution in [0.4, 0.5) is 0 Å². The molecule has 1 atom stereocenters. The number of amides is 2.